The van der Waals surface area contributed by atoms with E-state index >= 15 is 0 Å². The Labute approximate surface area is 102 Å². The number of nitrogens with zero attached hydrogens (tertiary/aromatic N) is 1. The smallest absolute Gasteiger partial charge is 0.0705 e. The van der Waals surface area contributed by atoms with Gasteiger partial charge in [0.25, 0.3) is 0 Å². The van der Waals surface area contributed by atoms with Gasteiger partial charge in [0.2, 0.25) is 0 Å². The third-order valence-electron chi connectivity index (χ3n) is 4.06. The molecule has 2 N–H and O–H groups in total. The van der Waals surface area contributed by atoms with Gasteiger partial charge in [0, 0.05) is 22.5 Å². The van der Waals surface area contributed by atoms with Gasteiger partial charge >= 0.3 is 0 Å². The van der Waals surface area contributed by atoms with Crippen LogP contribution in [0.2, 0.25) is 0 Å². The van der Waals surface area contributed by atoms with Crippen molar-refractivity contribution in [3.05, 3.63) is 41.6 Å². The van der Waals surface area contributed by atoms with Crippen LogP contribution in [-0.4, -0.2) is 11.0 Å². The molecule has 2 aromatic rings. The molecule has 2 heteroatoms. The van der Waals surface area contributed by atoms with Gasteiger partial charge in [0.1, 0.15) is 0 Å². The van der Waals surface area contributed by atoms with Crippen LogP contribution in [0.25, 0.3) is 10.9 Å². The highest BCUT2D eigenvalue weighted by atomic mass is 14.7. The lowest BCUT2D eigenvalue weighted by Gasteiger charge is -2.20. The Kier molecular flexibility index (Phi) is 2.23. The standard InChI is InChI=1S/C15H18N2/c1-10-3-4-12-9-13(5-6-14(12)17-10)15(7-8-15)11(2)16/h3-6,9,11H,7-8,16H2,1-2H3. The molecule has 1 heterocycles. The first-order chi connectivity index (χ1) is 8.12. The summed E-state index contributed by atoms with van der Waals surface area (Å²) in [5.74, 6) is 0. The number of benzene rings is 1. The van der Waals surface area contributed by atoms with Gasteiger partial charge in [0.15, 0.2) is 0 Å². The normalized spacial score (nSPS) is 19.2. The average Bonchev–Trinajstić information content (AvgIpc) is 3.09. The number of nitrogens with two attached hydrogens (primary N) is 1. The van der Waals surface area contributed by atoms with Crippen molar-refractivity contribution < 1.29 is 0 Å². The Morgan fingerprint density at radius 2 is 2.00 bits per heavy atom. The lowest BCUT2D eigenvalue weighted by atomic mass is 9.88. The zero-order valence-corrected chi connectivity index (χ0v) is 10.4. The molecule has 3 rings (SSSR count). The Morgan fingerprint density at radius 1 is 1.24 bits per heavy atom. The van der Waals surface area contributed by atoms with Gasteiger partial charge in [-0.15, -0.1) is 0 Å². The van der Waals surface area contributed by atoms with Crippen molar-refractivity contribution >= 4 is 10.9 Å². The summed E-state index contributed by atoms with van der Waals surface area (Å²) >= 11 is 0. The minimum atomic E-state index is 0.235. The third kappa shape index (κ3) is 1.64. The summed E-state index contributed by atoms with van der Waals surface area (Å²) in [5, 5.41) is 1.22. The van der Waals surface area contributed by atoms with Crippen LogP contribution in [-0.2, 0) is 5.41 Å². The minimum Gasteiger partial charge on any atom is -0.327 e. The summed E-state index contributed by atoms with van der Waals surface area (Å²) in [4.78, 5) is 4.53. The highest BCUT2D eigenvalue weighted by molar-refractivity contribution is 5.80. The van der Waals surface area contributed by atoms with Crippen LogP contribution in [0.3, 0.4) is 0 Å². The van der Waals surface area contributed by atoms with Gasteiger partial charge in [-0.25, -0.2) is 0 Å². The molecule has 1 atom stereocenters. The van der Waals surface area contributed by atoms with E-state index in [1.165, 1.54) is 23.8 Å². The average molecular weight is 226 g/mol. The molecule has 0 saturated heterocycles. The van der Waals surface area contributed by atoms with E-state index in [1.807, 2.05) is 6.92 Å². The van der Waals surface area contributed by atoms with Crippen molar-refractivity contribution in [3.8, 4) is 0 Å². The molecule has 1 aliphatic rings. The number of pyridine rings is 1. The van der Waals surface area contributed by atoms with E-state index < -0.39 is 0 Å². The molecular weight excluding hydrogens is 208 g/mol. The summed E-state index contributed by atoms with van der Waals surface area (Å²) < 4.78 is 0. The second-order valence-corrected chi connectivity index (χ2v) is 5.30. The second kappa shape index (κ2) is 3.54. The summed E-state index contributed by atoms with van der Waals surface area (Å²) in [6.07, 6.45) is 2.44. The number of aryl methyl sites for hydroxylation is 1. The van der Waals surface area contributed by atoms with Crippen LogP contribution in [0, 0.1) is 6.92 Å². The fourth-order valence-corrected chi connectivity index (χ4v) is 2.68. The van der Waals surface area contributed by atoms with Crippen molar-refractivity contribution in [2.24, 2.45) is 5.73 Å². The molecule has 0 amide bonds. The van der Waals surface area contributed by atoms with E-state index in [1.54, 1.807) is 0 Å². The van der Waals surface area contributed by atoms with Gasteiger partial charge in [0.05, 0.1) is 5.52 Å². The molecular formula is C15H18N2. The molecule has 1 fully saturated rings. The van der Waals surface area contributed by atoms with Gasteiger partial charge in [-0.2, -0.15) is 0 Å². The molecule has 1 aromatic carbocycles. The van der Waals surface area contributed by atoms with Crippen molar-refractivity contribution in [2.75, 3.05) is 0 Å². The predicted molar refractivity (Wildman–Crippen MR) is 71.0 cm³/mol. The molecule has 0 aliphatic heterocycles. The largest absolute Gasteiger partial charge is 0.327 e. The Balaban J connectivity index is 2.11. The lowest BCUT2D eigenvalue weighted by molar-refractivity contribution is 0.557. The number of aromatic nitrogens is 1. The van der Waals surface area contributed by atoms with Crippen LogP contribution >= 0.6 is 0 Å². The molecule has 0 radical (unpaired) electrons. The van der Waals surface area contributed by atoms with Crippen LogP contribution in [0.4, 0.5) is 0 Å². The van der Waals surface area contributed by atoms with Gasteiger partial charge in [-0.1, -0.05) is 12.1 Å². The highest BCUT2D eigenvalue weighted by Gasteiger charge is 2.47. The summed E-state index contributed by atoms with van der Waals surface area (Å²) in [7, 11) is 0. The van der Waals surface area contributed by atoms with Crippen LogP contribution in [0.1, 0.15) is 31.0 Å². The van der Waals surface area contributed by atoms with E-state index in [0.29, 0.717) is 0 Å². The molecule has 1 unspecified atom stereocenters. The number of hydrogen-bond donors (Lipinski definition) is 1. The van der Waals surface area contributed by atoms with E-state index in [-0.39, 0.29) is 11.5 Å². The summed E-state index contributed by atoms with van der Waals surface area (Å²) in [6, 6.07) is 11.0. The number of hydrogen-bond acceptors (Lipinski definition) is 2. The predicted octanol–water partition coefficient (Wildman–Crippen LogP) is 2.92. The Bertz CT molecular complexity index is 568. The highest BCUT2D eigenvalue weighted by Crippen LogP contribution is 2.50. The number of rotatable bonds is 2. The first-order valence-electron chi connectivity index (χ1n) is 6.25. The third-order valence-corrected chi connectivity index (χ3v) is 4.06. The molecule has 1 saturated carbocycles. The molecule has 2 nitrogen and oxygen atoms in total. The first kappa shape index (κ1) is 10.7. The monoisotopic (exact) mass is 226 g/mol. The van der Waals surface area contributed by atoms with Crippen LogP contribution in [0.5, 0.6) is 0 Å². The van der Waals surface area contributed by atoms with E-state index in [0.717, 1.165) is 11.2 Å². The van der Waals surface area contributed by atoms with Crippen LogP contribution < -0.4 is 5.73 Å². The van der Waals surface area contributed by atoms with Crippen molar-refractivity contribution in [2.45, 2.75) is 38.1 Å². The molecule has 1 aromatic heterocycles. The van der Waals surface area contributed by atoms with Crippen molar-refractivity contribution in [1.82, 2.24) is 4.98 Å². The molecule has 88 valence electrons. The SMILES string of the molecule is Cc1ccc2cc(C3(C(C)N)CC3)ccc2n1. The summed E-state index contributed by atoms with van der Waals surface area (Å²) in [6.45, 7) is 4.14. The van der Waals surface area contributed by atoms with Crippen molar-refractivity contribution in [3.63, 3.8) is 0 Å². The summed E-state index contributed by atoms with van der Waals surface area (Å²) in [5.41, 5.74) is 9.88. The van der Waals surface area contributed by atoms with Gasteiger partial charge < -0.3 is 5.73 Å². The van der Waals surface area contributed by atoms with E-state index in [2.05, 4.69) is 42.2 Å². The lowest BCUT2D eigenvalue weighted by Crippen LogP contribution is -2.31. The quantitative estimate of drug-likeness (QED) is 0.855. The van der Waals surface area contributed by atoms with E-state index in [9.17, 15) is 0 Å². The fraction of sp³-hybridized carbons (Fsp3) is 0.400. The van der Waals surface area contributed by atoms with Gasteiger partial charge in [-0.05, 0) is 50.5 Å². The maximum atomic E-state index is 6.12. The number of fused-ring (bicyclic) bond motifs is 1. The molecule has 0 spiro atoms. The topological polar surface area (TPSA) is 38.9 Å². The maximum Gasteiger partial charge on any atom is 0.0705 e. The van der Waals surface area contributed by atoms with E-state index in [4.69, 9.17) is 5.73 Å². The minimum absolute atomic E-state index is 0.235. The maximum absolute atomic E-state index is 6.12. The molecule has 17 heavy (non-hydrogen) atoms. The zero-order chi connectivity index (χ0) is 12.0. The van der Waals surface area contributed by atoms with Gasteiger partial charge in [-0.3, -0.25) is 4.98 Å². The van der Waals surface area contributed by atoms with Crippen molar-refractivity contribution in [1.29, 1.82) is 0 Å². The Morgan fingerprint density at radius 3 is 2.65 bits per heavy atom. The first-order valence-corrected chi connectivity index (χ1v) is 6.25. The second-order valence-electron chi connectivity index (χ2n) is 5.30. The van der Waals surface area contributed by atoms with Crippen LogP contribution in [0.15, 0.2) is 30.3 Å². The molecule has 0 bridgehead atoms. The Hall–Kier alpha value is -1.41. The molecule has 1 aliphatic carbocycles. The zero-order valence-electron chi connectivity index (χ0n) is 10.4. The fourth-order valence-electron chi connectivity index (χ4n) is 2.68.